The number of methoxy groups -OCH3 is 1. The zero-order chi connectivity index (χ0) is 36.1. The van der Waals surface area contributed by atoms with Gasteiger partial charge in [0.15, 0.2) is 6.29 Å². The molecular formula is C39H56ClN3O7S. The van der Waals surface area contributed by atoms with Gasteiger partial charge in [0.2, 0.25) is 10.0 Å². The lowest BCUT2D eigenvalue weighted by Crippen LogP contribution is -2.51. The fourth-order valence-electron chi connectivity index (χ4n) is 8.22. The van der Waals surface area contributed by atoms with Crippen molar-refractivity contribution in [1.29, 1.82) is 0 Å². The number of nitrogens with zero attached hydrogens (tertiary/aromatic N) is 2. The van der Waals surface area contributed by atoms with Crippen molar-refractivity contribution in [1.82, 2.24) is 9.62 Å². The van der Waals surface area contributed by atoms with Crippen LogP contribution in [0.5, 0.6) is 5.75 Å². The van der Waals surface area contributed by atoms with Gasteiger partial charge in [-0.15, -0.1) is 0 Å². The smallest absolute Gasteiger partial charge is 0.264 e. The van der Waals surface area contributed by atoms with Crippen molar-refractivity contribution in [3.05, 3.63) is 58.1 Å². The second-order valence-corrected chi connectivity index (χ2v) is 17.7. The maximum Gasteiger partial charge on any atom is 0.264 e. The number of benzene rings is 2. The van der Waals surface area contributed by atoms with Crippen LogP contribution in [-0.2, 0) is 37.3 Å². The van der Waals surface area contributed by atoms with Crippen molar-refractivity contribution in [2.24, 2.45) is 23.7 Å². The predicted molar refractivity (Wildman–Crippen MR) is 200 cm³/mol. The molecule has 0 aromatic heterocycles. The van der Waals surface area contributed by atoms with Crippen LogP contribution in [0.15, 0.2) is 36.4 Å². The first kappa shape index (κ1) is 38.3. The molecule has 1 aliphatic carbocycles. The molecule has 12 heteroatoms. The third-order valence-corrected chi connectivity index (χ3v) is 14.1. The Kier molecular flexibility index (Phi) is 12.9. The van der Waals surface area contributed by atoms with E-state index in [1.165, 1.54) is 5.56 Å². The molecule has 1 saturated carbocycles. The van der Waals surface area contributed by atoms with Crippen LogP contribution in [0.1, 0.15) is 80.3 Å². The minimum absolute atomic E-state index is 0.137. The van der Waals surface area contributed by atoms with E-state index in [0.29, 0.717) is 54.6 Å². The number of anilines is 1. The molecule has 5 atom stereocenters. The summed E-state index contributed by atoms with van der Waals surface area (Å²) in [6, 6.07) is 11.4. The molecule has 4 aliphatic rings. The fourth-order valence-corrected chi connectivity index (χ4v) is 9.73. The van der Waals surface area contributed by atoms with Gasteiger partial charge in [0.05, 0.1) is 36.8 Å². The summed E-state index contributed by atoms with van der Waals surface area (Å²) in [7, 11) is -0.118. The number of rotatable bonds is 5. The zero-order valence-electron chi connectivity index (χ0n) is 30.7. The topological polar surface area (TPSA) is 107 Å². The summed E-state index contributed by atoms with van der Waals surface area (Å²) in [6.07, 6.45) is 7.22. The molecule has 282 valence electrons. The van der Waals surface area contributed by atoms with Gasteiger partial charge >= 0.3 is 0 Å². The zero-order valence-corrected chi connectivity index (χ0v) is 32.2. The molecule has 0 radical (unpaired) electrons. The van der Waals surface area contributed by atoms with Gasteiger partial charge in [0.1, 0.15) is 12.4 Å². The number of likely N-dealkylation sites (N-methyl/N-ethyl adjacent to an activating group) is 1. The maximum atomic E-state index is 13.6. The molecule has 6 rings (SSSR count). The Morgan fingerprint density at radius 1 is 0.980 bits per heavy atom. The summed E-state index contributed by atoms with van der Waals surface area (Å²) < 4.78 is 54.3. The van der Waals surface area contributed by atoms with Gasteiger partial charge in [0, 0.05) is 43.2 Å². The van der Waals surface area contributed by atoms with Crippen LogP contribution in [0.2, 0.25) is 5.02 Å². The maximum absolute atomic E-state index is 13.6. The molecule has 2 aromatic carbocycles. The fraction of sp³-hybridized carbons (Fsp3) is 0.667. The molecule has 3 heterocycles. The van der Waals surface area contributed by atoms with Gasteiger partial charge in [-0.05, 0) is 118 Å². The molecule has 0 spiro atoms. The third-order valence-electron chi connectivity index (χ3n) is 12.0. The minimum atomic E-state index is -3.92. The van der Waals surface area contributed by atoms with Crippen LogP contribution in [0.3, 0.4) is 0 Å². The lowest BCUT2D eigenvalue weighted by molar-refractivity contribution is -0.242. The van der Waals surface area contributed by atoms with E-state index in [9.17, 15) is 13.2 Å². The third kappa shape index (κ3) is 9.22. The molecule has 0 unspecified atom stereocenters. The van der Waals surface area contributed by atoms with E-state index in [1.54, 1.807) is 20.1 Å². The number of ether oxygens (including phenoxy) is 4. The van der Waals surface area contributed by atoms with Crippen molar-refractivity contribution in [2.45, 2.75) is 89.4 Å². The number of fused-ring (bicyclic) bond motifs is 3. The molecule has 51 heavy (non-hydrogen) atoms. The number of hydrogen-bond acceptors (Lipinski definition) is 9. The normalized spacial score (nSPS) is 30.5. The summed E-state index contributed by atoms with van der Waals surface area (Å²) in [6.45, 7) is 8.32. The van der Waals surface area contributed by atoms with Gasteiger partial charge in [-0.2, -0.15) is 0 Å². The number of halogens is 1. The molecule has 3 aliphatic heterocycles. The summed E-state index contributed by atoms with van der Waals surface area (Å²) in [5.41, 5.74) is 3.40. The highest BCUT2D eigenvalue weighted by Crippen LogP contribution is 2.46. The second-order valence-electron chi connectivity index (χ2n) is 15.2. The molecular weight excluding hydrogens is 690 g/mol. The first-order valence-corrected chi connectivity index (χ1v) is 20.7. The van der Waals surface area contributed by atoms with Crippen LogP contribution in [0.25, 0.3) is 0 Å². The van der Waals surface area contributed by atoms with E-state index in [1.807, 2.05) is 37.3 Å². The molecule has 1 N–H and O–H groups in total. The molecule has 2 aromatic rings. The molecule has 10 nitrogen and oxygen atoms in total. The Bertz CT molecular complexity index is 1600. The average Bonchev–Trinajstić information content (AvgIpc) is 3.14. The highest BCUT2D eigenvalue weighted by molar-refractivity contribution is 7.90. The monoisotopic (exact) mass is 745 g/mol. The van der Waals surface area contributed by atoms with E-state index >= 15 is 0 Å². The van der Waals surface area contributed by atoms with Crippen LogP contribution < -0.4 is 14.4 Å². The van der Waals surface area contributed by atoms with E-state index in [4.69, 9.17) is 30.5 Å². The Hall–Kier alpha value is -2.41. The number of carbonyl (C=O) groups is 1. The number of carbonyl (C=O) groups excluding carboxylic acids is 1. The van der Waals surface area contributed by atoms with Gasteiger partial charge in [0.25, 0.3) is 5.91 Å². The number of amides is 1. The van der Waals surface area contributed by atoms with Crippen LogP contribution in [0, 0.1) is 23.7 Å². The largest absolute Gasteiger partial charge is 0.487 e. The highest BCUT2D eigenvalue weighted by Gasteiger charge is 2.44. The average molecular weight is 746 g/mol. The van der Waals surface area contributed by atoms with Crippen molar-refractivity contribution < 1.29 is 32.2 Å². The van der Waals surface area contributed by atoms with Gasteiger partial charge in [-0.1, -0.05) is 31.0 Å². The van der Waals surface area contributed by atoms with Gasteiger partial charge in [-0.25, -0.2) is 13.1 Å². The number of nitrogens with one attached hydrogen (secondary N) is 1. The first-order valence-electron chi connectivity index (χ1n) is 18.8. The van der Waals surface area contributed by atoms with Gasteiger partial charge < -0.3 is 23.8 Å². The Morgan fingerprint density at radius 3 is 2.53 bits per heavy atom. The van der Waals surface area contributed by atoms with Crippen molar-refractivity contribution in [3.63, 3.8) is 0 Å². The van der Waals surface area contributed by atoms with Crippen molar-refractivity contribution in [2.75, 3.05) is 58.5 Å². The Morgan fingerprint density at radius 2 is 1.78 bits per heavy atom. The summed E-state index contributed by atoms with van der Waals surface area (Å²) in [5, 5.41) is -0.0161. The quantitative estimate of drug-likeness (QED) is 0.378. The molecule has 2 bridgehead atoms. The van der Waals surface area contributed by atoms with Crippen molar-refractivity contribution >= 4 is 33.2 Å². The molecule has 2 fully saturated rings. The van der Waals surface area contributed by atoms with Crippen LogP contribution >= 0.6 is 11.6 Å². The minimum Gasteiger partial charge on any atom is -0.487 e. The summed E-state index contributed by atoms with van der Waals surface area (Å²) >= 11 is 6.39. The number of sulfonamides is 1. The molecule has 1 amide bonds. The van der Waals surface area contributed by atoms with Crippen LogP contribution in [0.4, 0.5) is 5.69 Å². The molecule has 1 saturated heterocycles. The summed E-state index contributed by atoms with van der Waals surface area (Å²) in [4.78, 5) is 18.2. The van der Waals surface area contributed by atoms with E-state index in [-0.39, 0.29) is 24.2 Å². The SMILES string of the molecule is COCCN(C)[C@H]1CO[C@@H]([C@H]2CCC[C@H](C)[C@@H](C)S(=O)(=O)NC(=O)c3ccc4c(c3)N(CCCCc3cc(Cl)ccc3CO4)C[C@@H]3CC[C@H]32)OC1. The predicted octanol–water partition coefficient (Wildman–Crippen LogP) is 6.29. The highest BCUT2D eigenvalue weighted by atomic mass is 35.5. The lowest BCUT2D eigenvalue weighted by Gasteiger charge is -2.48. The van der Waals surface area contributed by atoms with E-state index in [0.717, 1.165) is 82.3 Å². The first-order chi connectivity index (χ1) is 24.5. The van der Waals surface area contributed by atoms with Gasteiger partial charge in [-0.3, -0.25) is 9.69 Å². The standard InChI is InChI=1S/C39H56ClN3O7S/c1-26-8-7-10-35(39-49-24-33(25-50-39)42(3)18-19-47-4)34-15-12-30(34)22-43-17-6-5-9-28-20-32(40)14-11-31(28)23-48-37-16-13-29(21-36(37)43)38(44)41-51(45,46)27(26)2/h11,13-14,16,20-21,26-27,30,33-35,39H,5-10,12,15,17-19,22-25H2,1-4H3,(H,41,44)/t26-,27+,30-,33-,34+,35-,39+/m0/s1. The summed E-state index contributed by atoms with van der Waals surface area (Å²) in [5.74, 6) is 0.948. The van der Waals surface area contributed by atoms with E-state index in [2.05, 4.69) is 21.6 Å². The van der Waals surface area contributed by atoms with Crippen LogP contribution in [-0.4, -0.2) is 90.4 Å². The Balaban J connectivity index is 1.31. The second kappa shape index (κ2) is 17.2. The Labute approximate surface area is 309 Å². The number of hydrogen-bond donors (Lipinski definition) is 1. The number of aryl methyl sites for hydroxylation is 1. The lowest BCUT2D eigenvalue weighted by atomic mass is 9.65. The van der Waals surface area contributed by atoms with Crippen molar-refractivity contribution in [3.8, 4) is 5.75 Å². The van der Waals surface area contributed by atoms with E-state index < -0.39 is 21.2 Å².